The van der Waals surface area contributed by atoms with E-state index in [1.54, 1.807) is 0 Å². The van der Waals surface area contributed by atoms with Crippen molar-refractivity contribution >= 4 is 19.8 Å². The summed E-state index contributed by atoms with van der Waals surface area (Å²) in [7, 11) is 1.47. The number of nitrogens with zero attached hydrogens (tertiary/aromatic N) is 1. The van der Waals surface area contributed by atoms with Gasteiger partial charge in [0.2, 0.25) is 0 Å². The number of ether oxygens (including phenoxy) is 2. The van der Waals surface area contributed by atoms with Crippen LogP contribution in [0.3, 0.4) is 0 Å². The Balaban J connectivity index is 4.42. The van der Waals surface area contributed by atoms with Crippen LogP contribution in [0.5, 0.6) is 0 Å². The molecule has 0 aromatic rings. The first-order valence-corrected chi connectivity index (χ1v) is 20.2. The number of phosphoric ester groups is 1. The quantitative estimate of drug-likeness (QED) is 0.0178. The van der Waals surface area contributed by atoms with Crippen LogP contribution in [0.15, 0.2) is 12.2 Å². The Bertz CT molecular complexity index is 830. The molecule has 278 valence electrons. The number of esters is 2. The Kier molecular flexibility index (Phi) is 30.0. The van der Waals surface area contributed by atoms with Crippen LogP contribution in [0.25, 0.3) is 0 Å². The molecule has 10 heteroatoms. The van der Waals surface area contributed by atoms with Crippen LogP contribution in [-0.4, -0.2) is 74.9 Å². The topological polar surface area (TPSA) is 108 Å². The molecule has 0 aliphatic rings. The Labute approximate surface area is 288 Å². The van der Waals surface area contributed by atoms with Crippen molar-refractivity contribution in [3.05, 3.63) is 19.1 Å². The van der Waals surface area contributed by atoms with Gasteiger partial charge in [-0.05, 0) is 25.7 Å². The number of carbonyl (C=O) groups excluding carboxylic acids is 2. The fraction of sp³-hybridized carbons (Fsp3) is 0.865. The second-order valence-corrected chi connectivity index (χ2v) is 15.3. The van der Waals surface area contributed by atoms with Gasteiger partial charge in [0.25, 0.3) is 0 Å². The molecule has 0 amide bonds. The standard InChI is InChI=1S/C37H72NO8P/c1-6-8-10-12-14-16-18-19-20-22-23-25-27-29-36(39)43-33-35(34-45-47(41,42)44-32-31-38(3,4)5)46-37(40)30-28-26-24-21-17-15-13-11-9-7-2/h11,13,35H,2,6-10,12,14-34H2,1,3-5H3,(H,41,42)/b13-11-/t35-/m0/s1. The summed E-state index contributed by atoms with van der Waals surface area (Å²) in [4.78, 5) is 35.1. The van der Waals surface area contributed by atoms with Gasteiger partial charge >= 0.3 is 19.8 Å². The van der Waals surface area contributed by atoms with Crippen molar-refractivity contribution in [3.8, 4) is 0 Å². The molecule has 0 aliphatic heterocycles. The molecule has 0 fully saturated rings. The lowest BCUT2D eigenvalue weighted by molar-refractivity contribution is -0.870. The third-order valence-corrected chi connectivity index (χ3v) is 8.93. The molecule has 1 unspecified atom stereocenters. The minimum absolute atomic E-state index is 0.0301. The summed E-state index contributed by atoms with van der Waals surface area (Å²) in [5.41, 5.74) is 0. The minimum Gasteiger partial charge on any atom is -0.462 e. The van der Waals surface area contributed by atoms with Crippen LogP contribution in [-0.2, 0) is 32.7 Å². The monoisotopic (exact) mass is 689 g/mol. The summed E-state index contributed by atoms with van der Waals surface area (Å²) in [6.07, 6.45) is 27.7. The average Bonchev–Trinajstić information content (AvgIpc) is 3.01. The van der Waals surface area contributed by atoms with Crippen LogP contribution in [0.2, 0.25) is 0 Å². The first-order chi connectivity index (χ1) is 22.5. The Morgan fingerprint density at radius 2 is 1.19 bits per heavy atom. The summed E-state index contributed by atoms with van der Waals surface area (Å²) in [5, 5.41) is 0. The van der Waals surface area contributed by atoms with Crippen LogP contribution >= 0.6 is 7.82 Å². The lowest BCUT2D eigenvalue weighted by atomic mass is 10.0. The predicted octanol–water partition coefficient (Wildman–Crippen LogP) is 9.66. The highest BCUT2D eigenvalue weighted by Gasteiger charge is 2.27. The number of hydrogen-bond donors (Lipinski definition) is 1. The Hall–Kier alpha value is -1.25. The van der Waals surface area contributed by atoms with E-state index in [0.29, 0.717) is 17.4 Å². The zero-order chi connectivity index (χ0) is 35.1. The maximum atomic E-state index is 12.6. The molecule has 0 spiro atoms. The summed E-state index contributed by atoms with van der Waals surface area (Å²) in [5.74, 6) is -0.817. The molecule has 47 heavy (non-hydrogen) atoms. The van der Waals surface area contributed by atoms with Crippen molar-refractivity contribution in [3.63, 3.8) is 0 Å². The Morgan fingerprint density at radius 3 is 1.72 bits per heavy atom. The fourth-order valence-corrected chi connectivity index (χ4v) is 5.71. The first-order valence-electron chi connectivity index (χ1n) is 18.7. The number of unbranched alkanes of at least 4 members (excludes halogenated alkanes) is 18. The van der Waals surface area contributed by atoms with Crippen LogP contribution in [0.4, 0.5) is 0 Å². The Morgan fingerprint density at radius 1 is 0.702 bits per heavy atom. The molecular formula is C37H72NO8P. The normalized spacial score (nSPS) is 13.9. The maximum Gasteiger partial charge on any atom is 0.472 e. The molecule has 0 aliphatic carbocycles. The third-order valence-electron chi connectivity index (χ3n) is 7.94. The summed E-state index contributed by atoms with van der Waals surface area (Å²) < 4.78 is 34.1. The van der Waals surface area contributed by atoms with Crippen molar-refractivity contribution in [2.45, 2.75) is 161 Å². The van der Waals surface area contributed by atoms with Crippen LogP contribution < -0.4 is 0 Å². The van der Waals surface area contributed by atoms with Crippen molar-refractivity contribution in [2.24, 2.45) is 0 Å². The van der Waals surface area contributed by atoms with E-state index in [1.165, 1.54) is 64.2 Å². The largest absolute Gasteiger partial charge is 0.472 e. The molecule has 0 heterocycles. The van der Waals surface area contributed by atoms with Gasteiger partial charge in [0.15, 0.2) is 6.10 Å². The number of rotatable bonds is 34. The van der Waals surface area contributed by atoms with E-state index in [-0.39, 0.29) is 32.0 Å². The van der Waals surface area contributed by atoms with Crippen molar-refractivity contribution in [1.82, 2.24) is 0 Å². The van der Waals surface area contributed by atoms with Crippen molar-refractivity contribution < 1.29 is 42.1 Å². The average molecular weight is 690 g/mol. The number of allylic oxidation sites excluding steroid dienone is 2. The minimum atomic E-state index is -4.36. The van der Waals surface area contributed by atoms with Gasteiger partial charge in [0, 0.05) is 12.8 Å². The van der Waals surface area contributed by atoms with E-state index in [9.17, 15) is 19.0 Å². The van der Waals surface area contributed by atoms with Gasteiger partial charge in [-0.1, -0.05) is 122 Å². The van der Waals surface area contributed by atoms with Gasteiger partial charge < -0.3 is 25.8 Å². The SMILES string of the molecule is [CH2-]CC/C=C\CCCCCCCC(=O)O[C@@H](COC(=O)CCCCCCCCCCCCCCC)COP(=O)(O)OCC[N+](C)(C)C. The lowest BCUT2D eigenvalue weighted by Crippen LogP contribution is -2.37. The van der Waals surface area contributed by atoms with E-state index >= 15 is 0 Å². The molecule has 0 aromatic carbocycles. The van der Waals surface area contributed by atoms with Gasteiger partial charge in [-0.3, -0.25) is 18.6 Å². The zero-order valence-corrected chi connectivity index (χ0v) is 31.6. The molecule has 0 saturated carbocycles. The summed E-state index contributed by atoms with van der Waals surface area (Å²) in [6.45, 7) is 5.98. The van der Waals surface area contributed by atoms with Gasteiger partial charge in [-0.15, -0.1) is 0 Å². The number of quaternary nitrogens is 1. The molecule has 0 bridgehead atoms. The van der Waals surface area contributed by atoms with Gasteiger partial charge in [-0.2, -0.15) is 6.42 Å². The molecule has 0 radical (unpaired) electrons. The second-order valence-electron chi connectivity index (χ2n) is 13.8. The van der Waals surface area contributed by atoms with E-state index in [0.717, 1.165) is 64.2 Å². The summed E-state index contributed by atoms with van der Waals surface area (Å²) in [6, 6.07) is 0. The summed E-state index contributed by atoms with van der Waals surface area (Å²) >= 11 is 0. The van der Waals surface area contributed by atoms with Gasteiger partial charge in [-0.25, -0.2) is 4.57 Å². The highest BCUT2D eigenvalue weighted by Crippen LogP contribution is 2.43. The zero-order valence-electron chi connectivity index (χ0n) is 30.7. The molecule has 9 nitrogen and oxygen atoms in total. The van der Waals surface area contributed by atoms with E-state index in [2.05, 4.69) is 26.0 Å². The smallest absolute Gasteiger partial charge is 0.462 e. The van der Waals surface area contributed by atoms with Crippen molar-refractivity contribution in [1.29, 1.82) is 0 Å². The van der Waals surface area contributed by atoms with E-state index < -0.39 is 26.5 Å². The number of likely N-dealkylation sites (N-methyl/N-ethyl adjacent to an activating group) is 1. The highest BCUT2D eigenvalue weighted by molar-refractivity contribution is 7.47. The number of phosphoric acid groups is 1. The molecule has 0 aromatic heterocycles. The lowest BCUT2D eigenvalue weighted by Gasteiger charge is -2.24. The van der Waals surface area contributed by atoms with Gasteiger partial charge in [0.05, 0.1) is 27.7 Å². The molecule has 0 saturated heterocycles. The van der Waals surface area contributed by atoms with Crippen molar-refractivity contribution in [2.75, 3.05) is 47.5 Å². The van der Waals surface area contributed by atoms with Crippen LogP contribution in [0, 0.1) is 6.92 Å². The van der Waals surface area contributed by atoms with Crippen LogP contribution in [0.1, 0.15) is 155 Å². The molecule has 1 N–H and O–H groups in total. The second kappa shape index (κ2) is 30.8. The highest BCUT2D eigenvalue weighted by atomic mass is 31.2. The fourth-order valence-electron chi connectivity index (χ4n) is 4.97. The molecule has 2 atom stereocenters. The predicted molar refractivity (Wildman–Crippen MR) is 192 cm³/mol. The maximum absolute atomic E-state index is 12.6. The van der Waals surface area contributed by atoms with Gasteiger partial charge in [0.1, 0.15) is 19.8 Å². The number of carbonyl (C=O) groups is 2. The van der Waals surface area contributed by atoms with E-state index in [1.807, 2.05) is 21.1 Å². The molecule has 0 rings (SSSR count). The van der Waals surface area contributed by atoms with E-state index in [4.69, 9.17) is 18.5 Å². The first kappa shape index (κ1) is 45.8. The third kappa shape index (κ3) is 34.4. The number of hydrogen-bond acceptors (Lipinski definition) is 7. The molecular weight excluding hydrogens is 617 g/mol.